The SMILES string of the molecule is Cc1ccc2c(c1)C(=O)N(CCCC(=O)N1CCc3sccc3C1)C2=O. The molecule has 1 aromatic carbocycles. The van der Waals surface area contributed by atoms with E-state index in [4.69, 9.17) is 0 Å². The minimum Gasteiger partial charge on any atom is -0.338 e. The fraction of sp³-hybridized carbons (Fsp3) is 0.350. The van der Waals surface area contributed by atoms with E-state index in [-0.39, 0.29) is 24.3 Å². The van der Waals surface area contributed by atoms with Crippen LogP contribution in [-0.4, -0.2) is 40.6 Å². The lowest BCUT2D eigenvalue weighted by Crippen LogP contribution is -2.36. The zero-order valence-electron chi connectivity index (χ0n) is 14.7. The van der Waals surface area contributed by atoms with Crippen molar-refractivity contribution in [2.24, 2.45) is 0 Å². The van der Waals surface area contributed by atoms with E-state index >= 15 is 0 Å². The van der Waals surface area contributed by atoms with Crippen molar-refractivity contribution in [3.05, 3.63) is 56.8 Å². The summed E-state index contributed by atoms with van der Waals surface area (Å²) in [4.78, 5) is 41.9. The molecule has 134 valence electrons. The standard InChI is InChI=1S/C20H20N2O3S/c1-13-4-5-15-16(11-13)20(25)22(19(15)24)8-2-3-18(23)21-9-6-17-14(12-21)7-10-26-17/h4-5,7,10-11H,2-3,6,8-9,12H2,1H3. The van der Waals surface area contributed by atoms with E-state index in [0.717, 1.165) is 18.5 Å². The molecule has 3 heterocycles. The first kappa shape index (κ1) is 17.0. The smallest absolute Gasteiger partial charge is 0.261 e. The van der Waals surface area contributed by atoms with Gasteiger partial charge in [-0.2, -0.15) is 0 Å². The Kier molecular flexibility index (Phi) is 4.36. The molecule has 26 heavy (non-hydrogen) atoms. The monoisotopic (exact) mass is 368 g/mol. The highest BCUT2D eigenvalue weighted by molar-refractivity contribution is 7.10. The van der Waals surface area contributed by atoms with Gasteiger partial charge in [0.25, 0.3) is 11.8 Å². The Labute approximate surface area is 156 Å². The number of benzene rings is 1. The van der Waals surface area contributed by atoms with Crippen molar-refractivity contribution in [3.63, 3.8) is 0 Å². The zero-order chi connectivity index (χ0) is 18.3. The second-order valence-corrected chi connectivity index (χ2v) is 7.85. The lowest BCUT2D eigenvalue weighted by atomic mass is 10.1. The van der Waals surface area contributed by atoms with Crippen LogP contribution in [0.25, 0.3) is 0 Å². The summed E-state index contributed by atoms with van der Waals surface area (Å²) >= 11 is 1.75. The number of nitrogens with zero attached hydrogens (tertiary/aromatic N) is 2. The summed E-state index contributed by atoms with van der Waals surface area (Å²) in [5.74, 6) is -0.408. The molecule has 5 nitrogen and oxygen atoms in total. The largest absolute Gasteiger partial charge is 0.338 e. The molecule has 0 atom stereocenters. The van der Waals surface area contributed by atoms with Gasteiger partial charge in [-0.05, 0) is 48.9 Å². The number of fused-ring (bicyclic) bond motifs is 2. The molecular formula is C20H20N2O3S. The molecule has 0 unspecified atom stereocenters. The van der Waals surface area contributed by atoms with Crippen molar-refractivity contribution in [2.75, 3.05) is 13.1 Å². The zero-order valence-corrected chi connectivity index (χ0v) is 15.5. The number of amides is 3. The first-order valence-electron chi connectivity index (χ1n) is 8.84. The fourth-order valence-electron chi connectivity index (χ4n) is 3.62. The van der Waals surface area contributed by atoms with Crippen LogP contribution < -0.4 is 0 Å². The van der Waals surface area contributed by atoms with Crippen LogP contribution in [0.2, 0.25) is 0 Å². The first-order chi connectivity index (χ1) is 12.5. The summed E-state index contributed by atoms with van der Waals surface area (Å²) in [6.07, 6.45) is 1.76. The van der Waals surface area contributed by atoms with Crippen molar-refractivity contribution in [1.29, 1.82) is 0 Å². The Balaban J connectivity index is 1.33. The molecule has 2 aliphatic rings. The highest BCUT2D eigenvalue weighted by Crippen LogP contribution is 2.26. The van der Waals surface area contributed by atoms with Crippen molar-refractivity contribution in [2.45, 2.75) is 32.7 Å². The summed E-state index contributed by atoms with van der Waals surface area (Å²) in [6.45, 7) is 3.61. The fourth-order valence-corrected chi connectivity index (χ4v) is 4.51. The molecule has 0 saturated carbocycles. The van der Waals surface area contributed by atoms with E-state index in [9.17, 15) is 14.4 Å². The molecule has 3 amide bonds. The molecular weight excluding hydrogens is 348 g/mol. The lowest BCUT2D eigenvalue weighted by molar-refractivity contribution is -0.132. The third-order valence-corrected chi connectivity index (χ3v) is 6.08. The van der Waals surface area contributed by atoms with E-state index in [1.54, 1.807) is 23.5 Å². The van der Waals surface area contributed by atoms with Gasteiger partial charge in [-0.3, -0.25) is 19.3 Å². The molecule has 4 rings (SSSR count). The van der Waals surface area contributed by atoms with Crippen LogP contribution in [0.5, 0.6) is 0 Å². The quantitative estimate of drug-likeness (QED) is 0.780. The van der Waals surface area contributed by atoms with Gasteiger partial charge in [0.1, 0.15) is 0 Å². The predicted octanol–water partition coefficient (Wildman–Crippen LogP) is 3.02. The van der Waals surface area contributed by atoms with E-state index in [1.165, 1.54) is 15.3 Å². The van der Waals surface area contributed by atoms with Crippen molar-refractivity contribution >= 4 is 29.1 Å². The van der Waals surface area contributed by atoms with Crippen molar-refractivity contribution in [1.82, 2.24) is 9.80 Å². The van der Waals surface area contributed by atoms with E-state index in [0.29, 0.717) is 30.5 Å². The van der Waals surface area contributed by atoms with Gasteiger partial charge >= 0.3 is 0 Å². The molecule has 0 spiro atoms. The maximum absolute atomic E-state index is 12.5. The molecule has 0 bridgehead atoms. The summed E-state index contributed by atoms with van der Waals surface area (Å²) in [6, 6.07) is 7.39. The third-order valence-electron chi connectivity index (χ3n) is 5.06. The molecule has 6 heteroatoms. The van der Waals surface area contributed by atoms with E-state index < -0.39 is 0 Å². The Morgan fingerprint density at radius 3 is 2.81 bits per heavy atom. The topological polar surface area (TPSA) is 57.7 Å². The Morgan fingerprint density at radius 1 is 1.15 bits per heavy atom. The third kappa shape index (κ3) is 2.94. The minimum absolute atomic E-state index is 0.0919. The maximum atomic E-state index is 12.5. The molecule has 0 aliphatic carbocycles. The molecule has 0 N–H and O–H groups in total. The summed E-state index contributed by atoms with van der Waals surface area (Å²) in [5.41, 5.74) is 3.14. The normalized spacial score (nSPS) is 16.0. The van der Waals surface area contributed by atoms with Crippen LogP contribution >= 0.6 is 11.3 Å². The van der Waals surface area contributed by atoms with E-state index in [1.807, 2.05) is 17.9 Å². The van der Waals surface area contributed by atoms with Gasteiger partial charge in [0.2, 0.25) is 5.91 Å². The summed E-state index contributed by atoms with van der Waals surface area (Å²) in [7, 11) is 0. The van der Waals surface area contributed by atoms with Crippen LogP contribution in [-0.2, 0) is 17.8 Å². The van der Waals surface area contributed by atoms with Crippen molar-refractivity contribution in [3.8, 4) is 0 Å². The minimum atomic E-state index is -0.252. The number of aryl methyl sites for hydroxylation is 1. The molecule has 1 aromatic heterocycles. The molecule has 2 aliphatic heterocycles. The van der Waals surface area contributed by atoms with Gasteiger partial charge < -0.3 is 4.90 Å². The summed E-state index contributed by atoms with van der Waals surface area (Å²) < 4.78 is 0. The number of rotatable bonds is 4. The molecule has 0 fully saturated rings. The molecule has 2 aromatic rings. The van der Waals surface area contributed by atoms with Crippen molar-refractivity contribution < 1.29 is 14.4 Å². The highest BCUT2D eigenvalue weighted by Gasteiger charge is 2.35. The number of hydrogen-bond acceptors (Lipinski definition) is 4. The van der Waals surface area contributed by atoms with Gasteiger partial charge in [-0.25, -0.2) is 0 Å². The van der Waals surface area contributed by atoms with Crippen LogP contribution in [0.3, 0.4) is 0 Å². The number of carbonyl (C=O) groups is 3. The molecule has 0 saturated heterocycles. The second kappa shape index (κ2) is 6.68. The molecule has 0 radical (unpaired) electrons. The predicted molar refractivity (Wildman–Crippen MR) is 99.2 cm³/mol. The van der Waals surface area contributed by atoms with Gasteiger partial charge in [0.15, 0.2) is 0 Å². The van der Waals surface area contributed by atoms with Crippen LogP contribution in [0, 0.1) is 6.92 Å². The van der Waals surface area contributed by atoms with Crippen LogP contribution in [0.1, 0.15) is 49.6 Å². The average molecular weight is 368 g/mol. The number of imide groups is 1. The Morgan fingerprint density at radius 2 is 1.96 bits per heavy atom. The van der Waals surface area contributed by atoms with Gasteiger partial charge in [0, 0.05) is 30.9 Å². The average Bonchev–Trinajstić information content (AvgIpc) is 3.19. The summed E-state index contributed by atoms with van der Waals surface area (Å²) in [5, 5.41) is 2.07. The first-order valence-corrected chi connectivity index (χ1v) is 9.72. The van der Waals surface area contributed by atoms with E-state index in [2.05, 4.69) is 11.4 Å². The Hall–Kier alpha value is -2.47. The maximum Gasteiger partial charge on any atom is 0.261 e. The van der Waals surface area contributed by atoms with Crippen LogP contribution in [0.4, 0.5) is 0 Å². The lowest BCUT2D eigenvalue weighted by Gasteiger charge is -2.27. The number of thiophene rings is 1. The number of hydrogen-bond donors (Lipinski definition) is 0. The number of carbonyl (C=O) groups excluding carboxylic acids is 3. The van der Waals surface area contributed by atoms with Gasteiger partial charge in [-0.1, -0.05) is 11.6 Å². The Bertz CT molecular complexity index is 902. The van der Waals surface area contributed by atoms with Gasteiger partial charge in [-0.15, -0.1) is 11.3 Å². The highest BCUT2D eigenvalue weighted by atomic mass is 32.1. The second-order valence-electron chi connectivity index (χ2n) is 6.85. The van der Waals surface area contributed by atoms with Crippen LogP contribution in [0.15, 0.2) is 29.6 Å². The van der Waals surface area contributed by atoms with Gasteiger partial charge in [0.05, 0.1) is 11.1 Å².